The minimum atomic E-state index is -0.120. The first-order chi connectivity index (χ1) is 17.4. The van der Waals surface area contributed by atoms with Crippen molar-refractivity contribution < 1.29 is 14.3 Å². The quantitative estimate of drug-likeness (QED) is 0.390. The third-order valence-electron chi connectivity index (χ3n) is 6.14. The van der Waals surface area contributed by atoms with Gasteiger partial charge in [-0.2, -0.15) is 9.97 Å². The number of amides is 2. The summed E-state index contributed by atoms with van der Waals surface area (Å²) in [4.78, 5) is 33.4. The molecular weight excluding hydrogens is 460 g/mol. The number of nitrogens with zero attached hydrogens (tertiary/aromatic N) is 5. The number of imidazole rings is 1. The van der Waals surface area contributed by atoms with E-state index in [4.69, 9.17) is 15.2 Å². The van der Waals surface area contributed by atoms with E-state index in [1.165, 1.54) is 0 Å². The lowest BCUT2D eigenvalue weighted by atomic mass is 10.2. The number of methoxy groups -OCH3 is 2. The molecule has 0 saturated carbocycles. The zero-order valence-corrected chi connectivity index (χ0v) is 20.4. The number of aromatic nitrogens is 4. The van der Waals surface area contributed by atoms with Gasteiger partial charge in [-0.15, -0.1) is 0 Å². The number of H-pyrrole nitrogens is 1. The normalized spacial score (nSPS) is 13.6. The second kappa shape index (κ2) is 9.61. The maximum Gasteiger partial charge on any atom is 0.321 e. The predicted molar refractivity (Wildman–Crippen MR) is 139 cm³/mol. The Labute approximate surface area is 208 Å². The molecule has 0 aliphatic carbocycles. The summed E-state index contributed by atoms with van der Waals surface area (Å²) in [6, 6.07) is 13.2. The fourth-order valence-electron chi connectivity index (χ4n) is 4.29. The molecular formula is C25H28N8O3. The minimum Gasteiger partial charge on any atom is -0.493 e. The Morgan fingerprint density at radius 3 is 2.50 bits per heavy atom. The van der Waals surface area contributed by atoms with Gasteiger partial charge >= 0.3 is 6.03 Å². The van der Waals surface area contributed by atoms with Crippen LogP contribution < -0.4 is 25.4 Å². The average molecular weight is 489 g/mol. The summed E-state index contributed by atoms with van der Waals surface area (Å²) in [6.07, 6.45) is 0. The molecule has 4 aromatic rings. The summed E-state index contributed by atoms with van der Waals surface area (Å²) < 4.78 is 10.8. The van der Waals surface area contributed by atoms with Crippen LogP contribution in [0.4, 0.5) is 22.2 Å². The highest BCUT2D eigenvalue weighted by Crippen LogP contribution is 2.33. The SMILES string of the molecule is COc1ccc(-c2nc3nc(N)nc(N4CCN(C(=O)Nc5cccc(C)c5)CC4)c3[nH]2)cc1OC. The lowest BCUT2D eigenvalue weighted by molar-refractivity contribution is 0.208. The predicted octanol–water partition coefficient (Wildman–Crippen LogP) is 3.28. The Kier molecular flexibility index (Phi) is 6.19. The molecule has 2 aromatic heterocycles. The second-order valence-corrected chi connectivity index (χ2v) is 8.53. The Balaban J connectivity index is 1.35. The van der Waals surface area contributed by atoms with Crippen molar-refractivity contribution >= 4 is 34.6 Å². The Morgan fingerprint density at radius 1 is 1.00 bits per heavy atom. The highest BCUT2D eigenvalue weighted by molar-refractivity contribution is 5.90. The number of aromatic amines is 1. The number of ether oxygens (including phenoxy) is 2. The number of nitrogens with one attached hydrogen (secondary N) is 2. The number of rotatable bonds is 5. The summed E-state index contributed by atoms with van der Waals surface area (Å²) in [5.74, 6) is 2.65. The van der Waals surface area contributed by atoms with Crippen molar-refractivity contribution in [3.05, 3.63) is 48.0 Å². The van der Waals surface area contributed by atoms with Crippen LogP contribution in [-0.2, 0) is 0 Å². The molecule has 0 radical (unpaired) electrons. The van der Waals surface area contributed by atoms with Gasteiger partial charge in [-0.25, -0.2) is 9.78 Å². The van der Waals surface area contributed by atoms with Crippen LogP contribution in [0.1, 0.15) is 5.56 Å². The van der Waals surface area contributed by atoms with Crippen LogP contribution in [0.2, 0.25) is 0 Å². The molecule has 1 fully saturated rings. The molecule has 0 atom stereocenters. The molecule has 0 bridgehead atoms. The van der Waals surface area contributed by atoms with Crippen LogP contribution in [0.25, 0.3) is 22.6 Å². The number of fused-ring (bicyclic) bond motifs is 1. The van der Waals surface area contributed by atoms with E-state index in [9.17, 15) is 4.79 Å². The van der Waals surface area contributed by atoms with E-state index < -0.39 is 0 Å². The van der Waals surface area contributed by atoms with E-state index in [-0.39, 0.29) is 12.0 Å². The molecule has 1 aliphatic heterocycles. The topological polar surface area (TPSA) is 135 Å². The maximum atomic E-state index is 12.8. The first-order valence-electron chi connectivity index (χ1n) is 11.6. The molecule has 1 saturated heterocycles. The third-order valence-corrected chi connectivity index (χ3v) is 6.14. The zero-order valence-electron chi connectivity index (χ0n) is 20.4. The number of aryl methyl sites for hydroxylation is 1. The summed E-state index contributed by atoms with van der Waals surface area (Å²) in [5, 5.41) is 2.97. The lowest BCUT2D eigenvalue weighted by Crippen LogP contribution is -2.50. The van der Waals surface area contributed by atoms with E-state index in [2.05, 4.69) is 30.2 Å². The van der Waals surface area contributed by atoms with Gasteiger partial charge in [0.2, 0.25) is 5.95 Å². The number of benzene rings is 2. The van der Waals surface area contributed by atoms with Gasteiger partial charge in [-0.1, -0.05) is 12.1 Å². The highest BCUT2D eigenvalue weighted by atomic mass is 16.5. The Morgan fingerprint density at radius 2 is 1.78 bits per heavy atom. The summed E-state index contributed by atoms with van der Waals surface area (Å²) in [5.41, 5.74) is 9.87. The first kappa shape index (κ1) is 23.2. The maximum absolute atomic E-state index is 12.8. The van der Waals surface area contributed by atoms with Crippen LogP contribution in [0.5, 0.6) is 11.5 Å². The summed E-state index contributed by atoms with van der Waals surface area (Å²) >= 11 is 0. The zero-order chi connectivity index (χ0) is 25.2. The molecule has 3 heterocycles. The van der Waals surface area contributed by atoms with E-state index in [1.54, 1.807) is 19.1 Å². The molecule has 1 aliphatic rings. The van der Waals surface area contributed by atoms with E-state index in [0.29, 0.717) is 60.5 Å². The number of hydrogen-bond donors (Lipinski definition) is 3. The van der Waals surface area contributed by atoms with Crippen molar-refractivity contribution in [2.75, 3.05) is 56.3 Å². The monoisotopic (exact) mass is 488 g/mol. The number of nitrogens with two attached hydrogens (primary N) is 1. The van der Waals surface area contributed by atoms with Gasteiger partial charge in [0.15, 0.2) is 23.0 Å². The summed E-state index contributed by atoms with van der Waals surface area (Å²) in [7, 11) is 3.18. The van der Waals surface area contributed by atoms with Crippen LogP contribution in [0.3, 0.4) is 0 Å². The van der Waals surface area contributed by atoms with Crippen molar-refractivity contribution in [3.63, 3.8) is 0 Å². The van der Waals surface area contributed by atoms with Crippen molar-refractivity contribution in [1.29, 1.82) is 0 Å². The fraction of sp³-hybridized carbons (Fsp3) is 0.280. The molecule has 11 heteroatoms. The number of anilines is 3. The van der Waals surface area contributed by atoms with Crippen molar-refractivity contribution in [2.24, 2.45) is 0 Å². The summed E-state index contributed by atoms with van der Waals surface area (Å²) in [6.45, 7) is 4.27. The van der Waals surface area contributed by atoms with Gasteiger partial charge in [-0.3, -0.25) is 0 Å². The van der Waals surface area contributed by atoms with Gasteiger partial charge in [0.05, 0.1) is 14.2 Å². The number of nitrogen functional groups attached to an aromatic ring is 1. The van der Waals surface area contributed by atoms with E-state index >= 15 is 0 Å². The molecule has 11 nitrogen and oxygen atoms in total. The molecule has 2 amide bonds. The van der Waals surface area contributed by atoms with Crippen molar-refractivity contribution in [1.82, 2.24) is 24.8 Å². The van der Waals surface area contributed by atoms with Crippen molar-refractivity contribution in [2.45, 2.75) is 6.92 Å². The fourth-order valence-corrected chi connectivity index (χ4v) is 4.29. The molecule has 0 unspecified atom stereocenters. The molecule has 186 valence electrons. The molecule has 5 rings (SSSR count). The number of piperazine rings is 1. The second-order valence-electron chi connectivity index (χ2n) is 8.53. The van der Waals surface area contributed by atoms with Gasteiger partial charge in [0, 0.05) is 37.4 Å². The molecule has 0 spiro atoms. The minimum absolute atomic E-state index is 0.120. The molecule has 4 N–H and O–H groups in total. The first-order valence-corrected chi connectivity index (χ1v) is 11.6. The van der Waals surface area contributed by atoms with Crippen LogP contribution in [-0.4, -0.2) is 71.3 Å². The van der Waals surface area contributed by atoms with Gasteiger partial charge < -0.3 is 35.3 Å². The van der Waals surface area contributed by atoms with Gasteiger partial charge in [0.1, 0.15) is 11.3 Å². The Hall–Kier alpha value is -4.54. The smallest absolute Gasteiger partial charge is 0.321 e. The number of hydrogen-bond acceptors (Lipinski definition) is 8. The van der Waals surface area contributed by atoms with Crippen LogP contribution >= 0.6 is 0 Å². The van der Waals surface area contributed by atoms with Crippen molar-refractivity contribution in [3.8, 4) is 22.9 Å². The highest BCUT2D eigenvalue weighted by Gasteiger charge is 2.25. The molecule has 2 aromatic carbocycles. The number of carbonyl (C=O) groups excluding carboxylic acids is 1. The number of urea groups is 1. The van der Waals surface area contributed by atoms with E-state index in [0.717, 1.165) is 16.8 Å². The van der Waals surface area contributed by atoms with Gasteiger partial charge in [-0.05, 0) is 42.8 Å². The standard InChI is InChI=1S/C25H28N8O3/c1-15-5-4-6-17(13-15)27-25(34)33-11-9-32(10-12-33)23-20-22(30-24(26)31-23)29-21(28-20)16-7-8-18(35-2)19(14-16)36-3/h4-8,13-14H,9-12H2,1-3H3,(H,27,34)(H3,26,28,29,30,31). The largest absolute Gasteiger partial charge is 0.493 e. The third kappa shape index (κ3) is 4.54. The van der Waals surface area contributed by atoms with E-state index in [1.807, 2.05) is 49.4 Å². The Bertz CT molecular complexity index is 1410. The molecule has 36 heavy (non-hydrogen) atoms. The lowest BCUT2D eigenvalue weighted by Gasteiger charge is -2.35. The number of carbonyl (C=O) groups is 1. The van der Waals surface area contributed by atoms with Gasteiger partial charge in [0.25, 0.3) is 0 Å². The van der Waals surface area contributed by atoms with Crippen LogP contribution in [0, 0.1) is 6.92 Å². The average Bonchev–Trinajstić information content (AvgIpc) is 3.32. The van der Waals surface area contributed by atoms with Crippen LogP contribution in [0.15, 0.2) is 42.5 Å².